The molecule has 0 saturated heterocycles. The van der Waals surface area contributed by atoms with Crippen LogP contribution in [0.25, 0.3) is 10.8 Å². The zero-order chi connectivity index (χ0) is 11.7. The summed E-state index contributed by atoms with van der Waals surface area (Å²) < 4.78 is 0. The van der Waals surface area contributed by atoms with Gasteiger partial charge >= 0.3 is 0 Å². The minimum atomic E-state index is 0.339. The van der Waals surface area contributed by atoms with Gasteiger partial charge in [0.2, 0.25) is 0 Å². The third kappa shape index (κ3) is 1.76. The Hall–Kier alpha value is -1.90. The molecule has 0 fully saturated rings. The van der Waals surface area contributed by atoms with Gasteiger partial charge < -0.3 is 5.73 Å². The first-order chi connectivity index (χ1) is 7.61. The van der Waals surface area contributed by atoms with E-state index in [9.17, 15) is 4.91 Å². The highest BCUT2D eigenvalue weighted by atomic mass is 16.3. The number of nitrogens with two attached hydrogens (primary N) is 1. The molecule has 82 valence electrons. The van der Waals surface area contributed by atoms with Gasteiger partial charge in [-0.25, -0.2) is 0 Å². The summed E-state index contributed by atoms with van der Waals surface area (Å²) in [5.41, 5.74) is 8.10. The van der Waals surface area contributed by atoms with Gasteiger partial charge in [0.1, 0.15) is 5.69 Å². The van der Waals surface area contributed by atoms with Crippen molar-refractivity contribution in [2.24, 2.45) is 5.18 Å². The van der Waals surface area contributed by atoms with Gasteiger partial charge in [-0.3, -0.25) is 0 Å². The van der Waals surface area contributed by atoms with Crippen molar-refractivity contribution in [2.75, 3.05) is 5.73 Å². The highest BCUT2D eigenvalue weighted by Gasteiger charge is 2.08. The first kappa shape index (κ1) is 10.6. The van der Waals surface area contributed by atoms with Gasteiger partial charge in [-0.15, -0.1) is 4.91 Å². The predicted octanol–water partition coefficient (Wildman–Crippen LogP) is 3.94. The standard InChI is InChI=1S/C13H14N2O/c1-8(2)12-7-11(15-16)5-9-3-4-10(14)6-13(9)12/h3-8H,14H2,1-2H3. The average Bonchev–Trinajstić information content (AvgIpc) is 2.27. The van der Waals surface area contributed by atoms with Crippen LogP contribution >= 0.6 is 0 Å². The Kier molecular flexibility index (Phi) is 2.60. The van der Waals surface area contributed by atoms with Gasteiger partial charge in [0.25, 0.3) is 0 Å². The second kappa shape index (κ2) is 3.93. The van der Waals surface area contributed by atoms with Gasteiger partial charge in [0, 0.05) is 5.69 Å². The molecule has 2 rings (SSSR count). The summed E-state index contributed by atoms with van der Waals surface area (Å²) in [6.45, 7) is 4.18. The largest absolute Gasteiger partial charge is 0.399 e. The van der Waals surface area contributed by atoms with Crippen molar-refractivity contribution >= 4 is 22.1 Å². The van der Waals surface area contributed by atoms with Crippen LogP contribution in [0.15, 0.2) is 35.5 Å². The topological polar surface area (TPSA) is 55.5 Å². The van der Waals surface area contributed by atoms with Gasteiger partial charge in [0.05, 0.1) is 0 Å². The summed E-state index contributed by atoms with van der Waals surface area (Å²) in [6.07, 6.45) is 0. The van der Waals surface area contributed by atoms with Crippen molar-refractivity contribution in [1.29, 1.82) is 0 Å². The third-order valence-electron chi connectivity index (χ3n) is 2.72. The van der Waals surface area contributed by atoms with Gasteiger partial charge in [0.15, 0.2) is 0 Å². The number of hydrogen-bond acceptors (Lipinski definition) is 3. The molecule has 0 aromatic heterocycles. The Balaban J connectivity index is 2.82. The molecule has 0 unspecified atom stereocenters. The molecule has 2 N–H and O–H groups in total. The van der Waals surface area contributed by atoms with Crippen molar-refractivity contribution < 1.29 is 0 Å². The SMILES string of the molecule is CC(C)c1cc(N=O)cc2ccc(N)cc12. The molecule has 0 radical (unpaired) electrons. The fourth-order valence-corrected chi connectivity index (χ4v) is 1.92. The molecule has 0 amide bonds. The lowest BCUT2D eigenvalue weighted by molar-refractivity contribution is 0.876. The first-order valence-electron chi connectivity index (χ1n) is 5.28. The van der Waals surface area contributed by atoms with Crippen molar-refractivity contribution in [3.8, 4) is 0 Å². The second-order valence-electron chi connectivity index (χ2n) is 4.26. The predicted molar refractivity (Wildman–Crippen MR) is 67.9 cm³/mol. The minimum absolute atomic E-state index is 0.339. The normalized spacial score (nSPS) is 10.9. The van der Waals surface area contributed by atoms with Crippen molar-refractivity contribution in [3.63, 3.8) is 0 Å². The van der Waals surface area contributed by atoms with Crippen LogP contribution < -0.4 is 5.73 Å². The van der Waals surface area contributed by atoms with Crippen LogP contribution in [-0.2, 0) is 0 Å². The summed E-state index contributed by atoms with van der Waals surface area (Å²) in [5, 5.41) is 5.11. The zero-order valence-electron chi connectivity index (χ0n) is 9.40. The van der Waals surface area contributed by atoms with Crippen LogP contribution in [0.1, 0.15) is 25.3 Å². The fraction of sp³-hybridized carbons (Fsp3) is 0.231. The van der Waals surface area contributed by atoms with Crippen LogP contribution in [0.4, 0.5) is 11.4 Å². The zero-order valence-corrected chi connectivity index (χ0v) is 9.40. The van der Waals surface area contributed by atoms with E-state index < -0.39 is 0 Å². The van der Waals surface area contributed by atoms with E-state index in [1.165, 1.54) is 0 Å². The number of rotatable bonds is 2. The maximum Gasteiger partial charge on any atom is 0.108 e. The van der Waals surface area contributed by atoms with E-state index in [1.54, 1.807) is 6.07 Å². The van der Waals surface area contributed by atoms with E-state index in [-0.39, 0.29) is 0 Å². The molecule has 3 nitrogen and oxygen atoms in total. The number of nitrogens with zero attached hydrogens (tertiary/aromatic N) is 1. The number of hydrogen-bond donors (Lipinski definition) is 1. The van der Waals surface area contributed by atoms with Crippen molar-refractivity contribution in [2.45, 2.75) is 19.8 Å². The first-order valence-corrected chi connectivity index (χ1v) is 5.28. The summed E-state index contributed by atoms with van der Waals surface area (Å²) >= 11 is 0. The Morgan fingerprint density at radius 1 is 1.19 bits per heavy atom. The summed E-state index contributed by atoms with van der Waals surface area (Å²) in [7, 11) is 0. The Morgan fingerprint density at radius 3 is 2.56 bits per heavy atom. The Morgan fingerprint density at radius 2 is 1.94 bits per heavy atom. The van der Waals surface area contributed by atoms with Gasteiger partial charge in [-0.2, -0.15) is 0 Å². The Labute approximate surface area is 94.2 Å². The molecule has 0 saturated carbocycles. The molecule has 3 heteroatoms. The van der Waals surface area contributed by atoms with Crippen LogP contribution in [0.2, 0.25) is 0 Å². The van der Waals surface area contributed by atoms with E-state index in [0.717, 1.165) is 22.0 Å². The third-order valence-corrected chi connectivity index (χ3v) is 2.72. The smallest absolute Gasteiger partial charge is 0.108 e. The molecule has 0 aliphatic rings. The number of anilines is 1. The van der Waals surface area contributed by atoms with Gasteiger partial charge in [-0.1, -0.05) is 19.9 Å². The number of fused-ring (bicyclic) bond motifs is 1. The van der Waals surface area contributed by atoms with Crippen LogP contribution in [0.3, 0.4) is 0 Å². The van der Waals surface area contributed by atoms with E-state index >= 15 is 0 Å². The Bertz CT molecular complexity index is 547. The van der Waals surface area contributed by atoms with Crippen molar-refractivity contribution in [1.82, 2.24) is 0 Å². The van der Waals surface area contributed by atoms with Crippen LogP contribution in [0, 0.1) is 4.91 Å². The molecule has 0 heterocycles. The summed E-state index contributed by atoms with van der Waals surface area (Å²) in [6, 6.07) is 9.32. The van der Waals surface area contributed by atoms with Crippen molar-refractivity contribution in [3.05, 3.63) is 40.8 Å². The summed E-state index contributed by atoms with van der Waals surface area (Å²) in [4.78, 5) is 10.6. The molecule has 2 aromatic rings. The lowest BCUT2D eigenvalue weighted by Gasteiger charge is -2.11. The molecule has 0 aliphatic carbocycles. The maximum absolute atomic E-state index is 10.6. The average molecular weight is 214 g/mol. The molecule has 0 bridgehead atoms. The highest BCUT2D eigenvalue weighted by molar-refractivity contribution is 5.91. The van der Waals surface area contributed by atoms with Crippen LogP contribution in [-0.4, -0.2) is 0 Å². The minimum Gasteiger partial charge on any atom is -0.399 e. The molecule has 0 aliphatic heterocycles. The lowest BCUT2D eigenvalue weighted by atomic mass is 9.95. The lowest BCUT2D eigenvalue weighted by Crippen LogP contribution is -1.91. The molecular formula is C13H14N2O. The number of benzene rings is 2. The molecule has 2 aromatic carbocycles. The fourth-order valence-electron chi connectivity index (χ4n) is 1.92. The highest BCUT2D eigenvalue weighted by Crippen LogP contribution is 2.31. The van der Waals surface area contributed by atoms with E-state index in [4.69, 9.17) is 5.73 Å². The maximum atomic E-state index is 10.6. The monoisotopic (exact) mass is 214 g/mol. The van der Waals surface area contributed by atoms with E-state index in [1.807, 2.05) is 24.3 Å². The quantitative estimate of drug-likeness (QED) is 0.608. The second-order valence-corrected chi connectivity index (χ2v) is 4.26. The van der Waals surface area contributed by atoms with Gasteiger partial charge in [-0.05, 0) is 51.7 Å². The molecule has 16 heavy (non-hydrogen) atoms. The molecule has 0 atom stereocenters. The summed E-state index contributed by atoms with van der Waals surface area (Å²) in [5.74, 6) is 0.339. The number of nitrogen functional groups attached to an aromatic ring is 1. The molecule has 0 spiro atoms. The van der Waals surface area contributed by atoms with Crippen LogP contribution in [0.5, 0.6) is 0 Å². The number of nitroso groups, excluding NO2 is 1. The molecular weight excluding hydrogens is 200 g/mol. The van der Waals surface area contributed by atoms with E-state index in [0.29, 0.717) is 11.6 Å². The van der Waals surface area contributed by atoms with E-state index in [2.05, 4.69) is 19.0 Å².